The highest BCUT2D eigenvalue weighted by atomic mass is 35.5. The average Bonchev–Trinajstić information content (AvgIpc) is 3.05. The fourth-order valence-corrected chi connectivity index (χ4v) is 4.58. The van der Waals surface area contributed by atoms with Gasteiger partial charge in [-0.2, -0.15) is 0 Å². The lowest BCUT2D eigenvalue weighted by Crippen LogP contribution is -2.37. The summed E-state index contributed by atoms with van der Waals surface area (Å²) in [5.74, 6) is 0.563. The van der Waals surface area contributed by atoms with E-state index in [-0.39, 0.29) is 5.91 Å². The minimum atomic E-state index is 0.134. The van der Waals surface area contributed by atoms with Gasteiger partial charge in [-0.3, -0.25) is 4.79 Å². The molecule has 0 unspecified atom stereocenters. The zero-order valence-electron chi connectivity index (χ0n) is 14.0. The van der Waals surface area contributed by atoms with E-state index in [4.69, 9.17) is 16.6 Å². The van der Waals surface area contributed by atoms with Gasteiger partial charge in [0.2, 0.25) is 0 Å². The number of hydrogen-bond donors (Lipinski definition) is 0. The van der Waals surface area contributed by atoms with E-state index in [0.29, 0.717) is 5.92 Å². The Morgan fingerprint density at radius 3 is 2.60 bits per heavy atom. The molecule has 25 heavy (non-hydrogen) atoms. The van der Waals surface area contributed by atoms with Crippen molar-refractivity contribution in [1.82, 2.24) is 9.88 Å². The number of halogens is 1. The largest absolute Gasteiger partial charge is 0.339 e. The fraction of sp³-hybridized carbons (Fsp3) is 0.300. The monoisotopic (exact) mass is 370 g/mol. The number of piperidine rings is 1. The van der Waals surface area contributed by atoms with Gasteiger partial charge in [0, 0.05) is 29.6 Å². The maximum atomic E-state index is 12.6. The summed E-state index contributed by atoms with van der Waals surface area (Å²) in [4.78, 5) is 19.4. The molecule has 3 aromatic rings. The second kappa shape index (κ2) is 6.77. The molecule has 0 N–H and O–H groups in total. The van der Waals surface area contributed by atoms with Crippen LogP contribution in [0.5, 0.6) is 0 Å². The smallest absolute Gasteiger partial charge is 0.253 e. The van der Waals surface area contributed by atoms with Crippen molar-refractivity contribution in [1.29, 1.82) is 0 Å². The normalized spacial score (nSPS) is 15.7. The highest BCUT2D eigenvalue weighted by Crippen LogP contribution is 2.35. The van der Waals surface area contributed by atoms with Crippen molar-refractivity contribution < 1.29 is 4.79 Å². The standard InChI is InChI=1S/C20H19ClN2OS/c1-13-2-4-15(5-3-13)20(24)23-10-8-14(9-11-23)19-22-17-12-16(21)6-7-18(17)25-19/h2-7,12,14H,8-11H2,1H3. The van der Waals surface area contributed by atoms with Crippen LogP contribution >= 0.6 is 22.9 Å². The number of nitrogens with zero attached hydrogens (tertiary/aromatic N) is 2. The lowest BCUT2D eigenvalue weighted by molar-refractivity contribution is 0.0713. The molecule has 1 aliphatic rings. The molecular formula is C20H19ClN2OS. The number of carbonyl (C=O) groups excluding carboxylic acids is 1. The van der Waals surface area contributed by atoms with Gasteiger partial charge in [-0.1, -0.05) is 29.3 Å². The molecule has 1 amide bonds. The van der Waals surface area contributed by atoms with E-state index >= 15 is 0 Å². The minimum Gasteiger partial charge on any atom is -0.339 e. The topological polar surface area (TPSA) is 33.2 Å². The summed E-state index contributed by atoms with van der Waals surface area (Å²) in [6.45, 7) is 3.60. The number of amides is 1. The van der Waals surface area contributed by atoms with Gasteiger partial charge < -0.3 is 4.90 Å². The third-order valence-electron chi connectivity index (χ3n) is 4.80. The Morgan fingerprint density at radius 2 is 1.88 bits per heavy atom. The first-order chi connectivity index (χ1) is 12.1. The van der Waals surface area contributed by atoms with Gasteiger partial charge in [-0.25, -0.2) is 4.98 Å². The summed E-state index contributed by atoms with van der Waals surface area (Å²) >= 11 is 7.80. The number of fused-ring (bicyclic) bond motifs is 1. The Bertz CT molecular complexity index is 911. The van der Waals surface area contributed by atoms with Crippen LogP contribution in [0.1, 0.15) is 39.7 Å². The third-order valence-corrected chi connectivity index (χ3v) is 6.23. The summed E-state index contributed by atoms with van der Waals surface area (Å²) in [6, 6.07) is 13.7. The number of likely N-dealkylation sites (tertiary alicyclic amines) is 1. The molecule has 2 heterocycles. The van der Waals surface area contributed by atoms with Crippen molar-refractivity contribution in [3.05, 3.63) is 63.6 Å². The average molecular weight is 371 g/mol. The maximum Gasteiger partial charge on any atom is 0.253 e. The number of aromatic nitrogens is 1. The van der Waals surface area contributed by atoms with Gasteiger partial charge in [0.25, 0.3) is 5.91 Å². The molecule has 1 aromatic heterocycles. The molecule has 0 radical (unpaired) electrons. The van der Waals surface area contributed by atoms with Crippen molar-refractivity contribution in [2.24, 2.45) is 0 Å². The van der Waals surface area contributed by atoms with Crippen LogP contribution in [0.25, 0.3) is 10.2 Å². The van der Waals surface area contributed by atoms with Gasteiger partial charge in [0.1, 0.15) is 0 Å². The molecule has 0 bridgehead atoms. The first-order valence-corrected chi connectivity index (χ1v) is 9.71. The lowest BCUT2D eigenvalue weighted by Gasteiger charge is -2.31. The minimum absolute atomic E-state index is 0.134. The van der Waals surface area contributed by atoms with E-state index in [0.717, 1.165) is 42.0 Å². The summed E-state index contributed by atoms with van der Waals surface area (Å²) in [5.41, 5.74) is 2.93. The van der Waals surface area contributed by atoms with Crippen molar-refractivity contribution in [3.8, 4) is 0 Å². The molecule has 1 fully saturated rings. The van der Waals surface area contributed by atoms with Gasteiger partial charge in [-0.15, -0.1) is 11.3 Å². The van der Waals surface area contributed by atoms with Crippen LogP contribution in [-0.2, 0) is 0 Å². The van der Waals surface area contributed by atoms with Crippen molar-refractivity contribution in [2.45, 2.75) is 25.7 Å². The first kappa shape index (κ1) is 16.6. The number of benzene rings is 2. The molecule has 0 atom stereocenters. The number of aryl methyl sites for hydroxylation is 1. The molecule has 1 aliphatic heterocycles. The highest BCUT2D eigenvalue weighted by molar-refractivity contribution is 7.18. The molecule has 1 saturated heterocycles. The molecular weight excluding hydrogens is 352 g/mol. The van der Waals surface area contributed by atoms with Crippen LogP contribution in [0, 0.1) is 6.92 Å². The van der Waals surface area contributed by atoms with Crippen LogP contribution in [0.3, 0.4) is 0 Å². The number of carbonyl (C=O) groups is 1. The highest BCUT2D eigenvalue weighted by Gasteiger charge is 2.26. The van der Waals surface area contributed by atoms with Crippen LogP contribution in [0.4, 0.5) is 0 Å². The van der Waals surface area contributed by atoms with E-state index in [2.05, 4.69) is 0 Å². The summed E-state index contributed by atoms with van der Waals surface area (Å²) in [5, 5.41) is 1.89. The van der Waals surface area contributed by atoms with E-state index in [1.165, 1.54) is 15.3 Å². The SMILES string of the molecule is Cc1ccc(C(=O)N2CCC(c3nc4cc(Cl)ccc4s3)CC2)cc1. The quantitative estimate of drug-likeness (QED) is 0.615. The molecule has 0 spiro atoms. The van der Waals surface area contributed by atoms with Crippen LogP contribution in [0.15, 0.2) is 42.5 Å². The van der Waals surface area contributed by atoms with E-state index in [1.807, 2.05) is 54.3 Å². The lowest BCUT2D eigenvalue weighted by atomic mass is 9.97. The Labute approximate surface area is 156 Å². The van der Waals surface area contributed by atoms with Crippen molar-refractivity contribution >= 4 is 39.1 Å². The second-order valence-corrected chi connectivity index (χ2v) is 8.10. The van der Waals surface area contributed by atoms with Gasteiger partial charge in [0.05, 0.1) is 15.2 Å². The number of rotatable bonds is 2. The predicted octanol–water partition coefficient (Wildman–Crippen LogP) is 5.28. The van der Waals surface area contributed by atoms with Crippen molar-refractivity contribution in [3.63, 3.8) is 0 Å². The molecule has 128 valence electrons. The third kappa shape index (κ3) is 3.42. The maximum absolute atomic E-state index is 12.6. The summed E-state index contributed by atoms with van der Waals surface area (Å²) in [6.07, 6.45) is 1.93. The van der Waals surface area contributed by atoms with Gasteiger partial charge in [0.15, 0.2) is 0 Å². The number of thiazole rings is 1. The predicted molar refractivity (Wildman–Crippen MR) is 104 cm³/mol. The molecule has 5 heteroatoms. The Morgan fingerprint density at radius 1 is 1.16 bits per heavy atom. The zero-order valence-corrected chi connectivity index (χ0v) is 15.6. The van der Waals surface area contributed by atoms with Gasteiger partial charge in [-0.05, 0) is 50.1 Å². The van der Waals surface area contributed by atoms with E-state index in [9.17, 15) is 4.79 Å². The van der Waals surface area contributed by atoms with Crippen molar-refractivity contribution in [2.75, 3.05) is 13.1 Å². The Kier molecular flexibility index (Phi) is 4.48. The van der Waals surface area contributed by atoms with Crippen LogP contribution < -0.4 is 0 Å². The Hall–Kier alpha value is -1.91. The molecule has 4 rings (SSSR count). The summed E-state index contributed by atoms with van der Waals surface area (Å²) < 4.78 is 1.18. The van der Waals surface area contributed by atoms with E-state index < -0.39 is 0 Å². The first-order valence-electron chi connectivity index (χ1n) is 8.52. The summed E-state index contributed by atoms with van der Waals surface area (Å²) in [7, 11) is 0. The van der Waals surface area contributed by atoms with E-state index in [1.54, 1.807) is 11.3 Å². The fourth-order valence-electron chi connectivity index (χ4n) is 3.30. The molecule has 0 saturated carbocycles. The molecule has 2 aromatic carbocycles. The van der Waals surface area contributed by atoms with Crippen LogP contribution in [0.2, 0.25) is 5.02 Å². The second-order valence-electron chi connectivity index (χ2n) is 6.60. The van der Waals surface area contributed by atoms with Gasteiger partial charge >= 0.3 is 0 Å². The van der Waals surface area contributed by atoms with Crippen LogP contribution in [-0.4, -0.2) is 28.9 Å². The molecule has 3 nitrogen and oxygen atoms in total. The Balaban J connectivity index is 1.45. The zero-order chi connectivity index (χ0) is 17.4. The molecule has 0 aliphatic carbocycles. The number of hydrogen-bond acceptors (Lipinski definition) is 3.